The van der Waals surface area contributed by atoms with E-state index in [-0.39, 0.29) is 40.4 Å². The average Bonchev–Trinajstić information content (AvgIpc) is 3.48. The molecule has 0 saturated carbocycles. The first-order chi connectivity index (χ1) is 16.5. The van der Waals surface area contributed by atoms with Gasteiger partial charge in [0.15, 0.2) is 5.84 Å². The Morgan fingerprint density at radius 3 is 2.68 bits per heavy atom. The highest BCUT2D eigenvalue weighted by atomic mass is 32.2. The van der Waals surface area contributed by atoms with Crippen LogP contribution in [0.3, 0.4) is 0 Å². The molecule has 3 aromatic rings. The zero-order valence-corrected chi connectivity index (χ0v) is 18.2. The first-order valence-electron chi connectivity index (χ1n) is 10.00. The van der Waals surface area contributed by atoms with Gasteiger partial charge in [-0.2, -0.15) is 15.1 Å². The number of hydrazone groups is 1. The summed E-state index contributed by atoms with van der Waals surface area (Å²) in [6.45, 7) is 0.169. The largest absolute Gasteiger partial charge is 0.487 e. The number of carbonyl (C=O) groups excluding carboxylic acids is 1. The number of benzene rings is 2. The fourth-order valence-electron chi connectivity index (χ4n) is 3.31. The Kier molecular flexibility index (Phi) is 5.52. The molecule has 3 heterocycles. The third kappa shape index (κ3) is 4.11. The van der Waals surface area contributed by atoms with Gasteiger partial charge in [-0.15, -0.1) is 0 Å². The summed E-state index contributed by atoms with van der Waals surface area (Å²) in [5.41, 5.74) is 0.202. The molecular weight excluding hydrogens is 458 g/mol. The van der Waals surface area contributed by atoms with Crippen molar-refractivity contribution in [1.29, 1.82) is 5.41 Å². The molecule has 0 radical (unpaired) electrons. The molecule has 2 aliphatic rings. The second kappa shape index (κ2) is 8.79. The number of rotatable bonds is 6. The summed E-state index contributed by atoms with van der Waals surface area (Å²) in [5.74, 6) is 0.446. The zero-order chi connectivity index (χ0) is 23.7. The monoisotopic (exact) mass is 473 g/mol. The van der Waals surface area contributed by atoms with E-state index < -0.39 is 10.8 Å². The molecule has 11 heteroatoms. The number of amidine groups is 2. The Bertz CT molecular complexity index is 1410. The van der Waals surface area contributed by atoms with E-state index in [2.05, 4.69) is 10.1 Å². The number of ether oxygens (including phenoxy) is 1. The van der Waals surface area contributed by atoms with Gasteiger partial charge in [0.25, 0.3) is 11.6 Å². The molecular formula is C23H15N5O5S. The minimum absolute atomic E-state index is 0.0122. The smallest absolute Gasteiger partial charge is 0.283 e. The number of nitrogens with one attached hydrogen (secondary N) is 1. The van der Waals surface area contributed by atoms with Crippen LogP contribution in [0, 0.1) is 15.5 Å². The van der Waals surface area contributed by atoms with Gasteiger partial charge in [0, 0.05) is 6.07 Å². The lowest BCUT2D eigenvalue weighted by Gasteiger charge is -2.19. The molecule has 0 saturated heterocycles. The Hall–Kier alpha value is -4.51. The minimum atomic E-state index is -0.604. The normalized spacial score (nSPS) is 16.4. The lowest BCUT2D eigenvalue weighted by molar-refractivity contribution is -0.384. The van der Waals surface area contributed by atoms with Crippen LogP contribution in [0.5, 0.6) is 5.75 Å². The molecule has 0 spiro atoms. The van der Waals surface area contributed by atoms with Crippen LogP contribution in [0.4, 0.5) is 5.69 Å². The molecule has 0 aliphatic carbocycles. The molecule has 168 valence electrons. The van der Waals surface area contributed by atoms with Gasteiger partial charge in [0.05, 0.1) is 16.1 Å². The Balaban J connectivity index is 1.37. The van der Waals surface area contributed by atoms with E-state index in [4.69, 9.17) is 14.6 Å². The molecule has 2 aliphatic heterocycles. The van der Waals surface area contributed by atoms with Gasteiger partial charge in [0.2, 0.25) is 5.17 Å². The second-order valence-electron chi connectivity index (χ2n) is 7.09. The van der Waals surface area contributed by atoms with Crippen molar-refractivity contribution < 1.29 is 18.9 Å². The second-order valence-corrected chi connectivity index (χ2v) is 8.13. The van der Waals surface area contributed by atoms with Crippen LogP contribution in [-0.2, 0) is 4.79 Å². The van der Waals surface area contributed by atoms with Crippen LogP contribution < -0.4 is 4.74 Å². The first kappa shape index (κ1) is 21.3. The van der Waals surface area contributed by atoms with Gasteiger partial charge in [-0.1, -0.05) is 30.3 Å². The maximum absolute atomic E-state index is 12.6. The van der Waals surface area contributed by atoms with Crippen molar-refractivity contribution in [1.82, 2.24) is 5.01 Å². The van der Waals surface area contributed by atoms with Crippen LogP contribution in [0.1, 0.15) is 5.76 Å². The predicted octanol–water partition coefficient (Wildman–Crippen LogP) is 4.55. The number of carbonyl (C=O) groups is 1. The summed E-state index contributed by atoms with van der Waals surface area (Å²) in [5, 5.41) is 26.2. The van der Waals surface area contributed by atoms with Gasteiger partial charge >= 0.3 is 0 Å². The number of nitrogens with zero attached hydrogens (tertiary/aromatic N) is 4. The number of amides is 1. The minimum Gasteiger partial charge on any atom is -0.487 e. The van der Waals surface area contributed by atoms with Crippen molar-refractivity contribution in [3.63, 3.8) is 0 Å². The summed E-state index contributed by atoms with van der Waals surface area (Å²) < 4.78 is 11.4. The number of nitro groups is 1. The standard InChI is InChI=1S/C23H15N5O5S/c24-21-17(12-15-10-11-19(33-15)16-8-4-5-9-18(16)28(30)31)22(29)25-23-27(21)26-20(34-23)13-32-14-6-2-1-3-7-14/h1-12,24H,13H2. The Morgan fingerprint density at radius 1 is 1.12 bits per heavy atom. The molecule has 5 rings (SSSR count). The van der Waals surface area contributed by atoms with Crippen LogP contribution in [-0.4, -0.2) is 38.5 Å². The predicted molar refractivity (Wildman–Crippen MR) is 128 cm³/mol. The molecule has 0 fully saturated rings. The Labute approximate surface area is 196 Å². The third-order valence-electron chi connectivity index (χ3n) is 4.88. The number of aliphatic imine (C=N–C) groups is 1. The van der Waals surface area contributed by atoms with Crippen LogP contribution >= 0.6 is 11.8 Å². The molecule has 0 atom stereocenters. The lowest BCUT2D eigenvalue weighted by Crippen LogP contribution is -2.35. The number of furan rings is 1. The maximum Gasteiger partial charge on any atom is 0.283 e. The quantitative estimate of drug-likeness (QED) is 0.315. The van der Waals surface area contributed by atoms with Gasteiger partial charge in [-0.3, -0.25) is 20.3 Å². The third-order valence-corrected chi connectivity index (χ3v) is 5.76. The molecule has 0 unspecified atom stereocenters. The fourth-order valence-corrected chi connectivity index (χ4v) is 4.11. The lowest BCUT2D eigenvalue weighted by atomic mass is 10.1. The SMILES string of the molecule is N=C1C(=Cc2ccc(-c3ccccc3[N+](=O)[O-])o2)C(=O)N=C2SC(COc3ccccc3)=NN12. The molecule has 10 nitrogen and oxygen atoms in total. The van der Waals surface area contributed by atoms with Crippen LogP contribution in [0.25, 0.3) is 17.4 Å². The molecule has 34 heavy (non-hydrogen) atoms. The molecule has 2 aromatic carbocycles. The highest BCUT2D eigenvalue weighted by molar-refractivity contribution is 8.27. The molecule has 1 aromatic heterocycles. The van der Waals surface area contributed by atoms with E-state index in [1.54, 1.807) is 30.3 Å². The first-order valence-corrected chi connectivity index (χ1v) is 10.8. The summed E-state index contributed by atoms with van der Waals surface area (Å²) in [4.78, 5) is 27.5. The van der Waals surface area contributed by atoms with E-state index in [0.717, 1.165) is 11.8 Å². The van der Waals surface area contributed by atoms with E-state index in [0.29, 0.717) is 16.4 Å². The number of para-hydroxylation sites is 2. The van der Waals surface area contributed by atoms with Gasteiger partial charge in [0.1, 0.15) is 28.9 Å². The van der Waals surface area contributed by atoms with Crippen molar-refractivity contribution in [2.45, 2.75) is 0 Å². The van der Waals surface area contributed by atoms with Crippen molar-refractivity contribution in [3.8, 4) is 17.1 Å². The molecule has 1 N–H and O–H groups in total. The fraction of sp³-hybridized carbons (Fsp3) is 0.0435. The number of nitro benzene ring substituents is 1. The number of hydrogen-bond acceptors (Lipinski definition) is 8. The van der Waals surface area contributed by atoms with E-state index in [1.165, 1.54) is 17.2 Å². The maximum atomic E-state index is 12.6. The van der Waals surface area contributed by atoms with Crippen molar-refractivity contribution in [3.05, 3.63) is 88.2 Å². The van der Waals surface area contributed by atoms with Gasteiger partial charge in [-0.05, 0) is 48.2 Å². The summed E-state index contributed by atoms with van der Waals surface area (Å²) in [6, 6.07) is 18.6. The van der Waals surface area contributed by atoms with Crippen molar-refractivity contribution in [2.24, 2.45) is 10.1 Å². The van der Waals surface area contributed by atoms with Crippen LogP contribution in [0.15, 0.2) is 86.8 Å². The summed E-state index contributed by atoms with van der Waals surface area (Å²) in [7, 11) is 0. The Morgan fingerprint density at radius 2 is 1.88 bits per heavy atom. The summed E-state index contributed by atoms with van der Waals surface area (Å²) in [6.07, 6.45) is 1.38. The zero-order valence-electron chi connectivity index (χ0n) is 17.4. The van der Waals surface area contributed by atoms with Crippen molar-refractivity contribution >= 4 is 45.5 Å². The van der Waals surface area contributed by atoms with Gasteiger partial charge < -0.3 is 9.15 Å². The molecule has 0 bridgehead atoms. The number of fused-ring (bicyclic) bond motifs is 1. The number of hydrogen-bond donors (Lipinski definition) is 1. The van der Waals surface area contributed by atoms with Gasteiger partial charge in [-0.25, -0.2) is 0 Å². The highest BCUT2D eigenvalue weighted by Gasteiger charge is 2.36. The van der Waals surface area contributed by atoms with E-state index in [9.17, 15) is 14.9 Å². The topological polar surface area (TPSA) is 134 Å². The van der Waals surface area contributed by atoms with Crippen molar-refractivity contribution in [2.75, 3.05) is 6.61 Å². The van der Waals surface area contributed by atoms with E-state index >= 15 is 0 Å². The van der Waals surface area contributed by atoms with E-state index in [1.807, 2.05) is 30.3 Å². The summed E-state index contributed by atoms with van der Waals surface area (Å²) >= 11 is 1.16. The molecule has 1 amide bonds. The van der Waals surface area contributed by atoms with Crippen LogP contribution in [0.2, 0.25) is 0 Å². The average molecular weight is 473 g/mol. The highest BCUT2D eigenvalue weighted by Crippen LogP contribution is 2.33. The number of thioether (sulfide) groups is 1.